The third kappa shape index (κ3) is 4.13. The van der Waals surface area contributed by atoms with Crippen molar-refractivity contribution in [1.29, 1.82) is 5.26 Å². The molecule has 0 atom stereocenters. The van der Waals surface area contributed by atoms with E-state index in [2.05, 4.69) is 105 Å². The Bertz CT molecular complexity index is 2290. The van der Waals surface area contributed by atoms with Gasteiger partial charge in [-0.1, -0.05) is 105 Å². The van der Waals surface area contributed by atoms with Crippen LogP contribution in [0.15, 0.2) is 127 Å². The summed E-state index contributed by atoms with van der Waals surface area (Å²) >= 11 is 0. The van der Waals surface area contributed by atoms with Crippen LogP contribution in [0.4, 0.5) is 0 Å². The van der Waals surface area contributed by atoms with E-state index >= 15 is 0 Å². The molecule has 0 saturated carbocycles. The van der Waals surface area contributed by atoms with Crippen LogP contribution in [-0.4, -0.2) is 9.97 Å². The predicted molar refractivity (Wildman–Crippen MR) is 177 cm³/mol. The van der Waals surface area contributed by atoms with E-state index in [1.807, 2.05) is 42.5 Å². The SMILES string of the molecule is CC1(C)c2ccc(C#N)cc2Oc2ccc(-c3nc(-c4ccc(-c5cccc6ccccc56)cc4)nc4ccccc34)cc21. The summed E-state index contributed by atoms with van der Waals surface area (Å²) in [6.07, 6.45) is 0. The van der Waals surface area contributed by atoms with E-state index in [4.69, 9.17) is 14.7 Å². The maximum absolute atomic E-state index is 9.40. The number of ether oxygens (including phenoxy) is 1. The Balaban J connectivity index is 1.23. The van der Waals surface area contributed by atoms with Gasteiger partial charge in [0.25, 0.3) is 0 Å². The van der Waals surface area contributed by atoms with Crippen molar-refractivity contribution in [2.24, 2.45) is 0 Å². The summed E-state index contributed by atoms with van der Waals surface area (Å²) in [4.78, 5) is 10.2. The van der Waals surface area contributed by atoms with Crippen LogP contribution in [0.25, 0.3) is 55.4 Å². The number of nitriles is 1. The third-order valence-electron chi connectivity index (χ3n) is 8.78. The standard InChI is InChI=1S/C40H27N3O/c1-40(2)33-20-14-25(24-41)22-37(33)44-36-21-19-29(23-34(36)40)38-32-11-5-6-13-35(32)42-39(43-38)28-17-15-27(16-18-28)31-12-7-9-26-8-3-4-10-30(26)31/h3-23H,1-2H3. The van der Waals surface area contributed by atoms with Crippen LogP contribution in [0.1, 0.15) is 30.5 Å². The van der Waals surface area contributed by atoms with Crippen LogP contribution in [0, 0.1) is 11.3 Å². The summed E-state index contributed by atoms with van der Waals surface area (Å²) in [7, 11) is 0. The molecule has 1 aromatic heterocycles. The first-order valence-electron chi connectivity index (χ1n) is 14.7. The number of aromatic nitrogens is 2. The van der Waals surface area contributed by atoms with Gasteiger partial charge in [0.15, 0.2) is 5.82 Å². The molecule has 4 heteroatoms. The second-order valence-electron chi connectivity index (χ2n) is 11.8. The van der Waals surface area contributed by atoms with E-state index in [-0.39, 0.29) is 5.41 Å². The van der Waals surface area contributed by atoms with Crippen molar-refractivity contribution in [3.05, 3.63) is 144 Å². The quantitative estimate of drug-likeness (QED) is 0.214. The Kier molecular flexibility index (Phi) is 5.82. The van der Waals surface area contributed by atoms with Crippen LogP contribution in [0.5, 0.6) is 11.5 Å². The fraction of sp³-hybridized carbons (Fsp3) is 0.0750. The second kappa shape index (κ2) is 9.90. The van der Waals surface area contributed by atoms with Crippen molar-refractivity contribution in [2.45, 2.75) is 19.3 Å². The number of fused-ring (bicyclic) bond motifs is 4. The Morgan fingerprint density at radius 2 is 1.34 bits per heavy atom. The molecular weight excluding hydrogens is 538 g/mol. The summed E-state index contributed by atoms with van der Waals surface area (Å²) in [5, 5.41) is 12.9. The lowest BCUT2D eigenvalue weighted by atomic mass is 9.75. The van der Waals surface area contributed by atoms with Crippen molar-refractivity contribution in [2.75, 3.05) is 0 Å². The monoisotopic (exact) mass is 565 g/mol. The van der Waals surface area contributed by atoms with Gasteiger partial charge < -0.3 is 4.74 Å². The van der Waals surface area contributed by atoms with Gasteiger partial charge in [0, 0.05) is 33.1 Å². The molecular formula is C40H27N3O. The van der Waals surface area contributed by atoms with Gasteiger partial charge in [-0.05, 0) is 58.3 Å². The van der Waals surface area contributed by atoms with Crippen LogP contribution in [0.2, 0.25) is 0 Å². The summed E-state index contributed by atoms with van der Waals surface area (Å²) in [5.74, 6) is 2.21. The molecule has 0 radical (unpaired) electrons. The number of hydrogen-bond acceptors (Lipinski definition) is 4. The molecule has 0 fully saturated rings. The first-order chi connectivity index (χ1) is 21.5. The lowest BCUT2D eigenvalue weighted by Gasteiger charge is -2.34. The van der Waals surface area contributed by atoms with Crippen molar-refractivity contribution >= 4 is 21.7 Å². The predicted octanol–water partition coefficient (Wildman–Crippen LogP) is 10.1. The smallest absolute Gasteiger partial charge is 0.160 e. The zero-order chi connectivity index (χ0) is 29.8. The molecule has 2 heterocycles. The van der Waals surface area contributed by atoms with Crippen molar-refractivity contribution < 1.29 is 4.74 Å². The van der Waals surface area contributed by atoms with Crippen LogP contribution in [-0.2, 0) is 5.41 Å². The molecule has 44 heavy (non-hydrogen) atoms. The highest BCUT2D eigenvalue weighted by molar-refractivity contribution is 5.97. The summed E-state index contributed by atoms with van der Waals surface area (Å²) in [6, 6.07) is 45.8. The number of rotatable bonds is 3. The molecule has 0 N–H and O–H groups in total. The van der Waals surface area contributed by atoms with Crippen LogP contribution < -0.4 is 4.74 Å². The average Bonchev–Trinajstić information content (AvgIpc) is 3.07. The van der Waals surface area contributed by atoms with Gasteiger partial charge in [0.05, 0.1) is 22.8 Å². The largest absolute Gasteiger partial charge is 0.457 e. The number of nitrogens with zero attached hydrogens (tertiary/aromatic N) is 3. The Morgan fingerprint density at radius 3 is 2.18 bits per heavy atom. The summed E-state index contributed by atoms with van der Waals surface area (Å²) in [6.45, 7) is 4.40. The molecule has 208 valence electrons. The normalized spacial score (nSPS) is 13.1. The minimum Gasteiger partial charge on any atom is -0.457 e. The maximum Gasteiger partial charge on any atom is 0.160 e. The second-order valence-corrected chi connectivity index (χ2v) is 11.8. The minimum atomic E-state index is -0.323. The Hall–Kier alpha value is -5.79. The fourth-order valence-corrected chi connectivity index (χ4v) is 6.41. The summed E-state index contributed by atoms with van der Waals surface area (Å²) in [5.41, 5.74) is 8.51. The molecule has 0 spiro atoms. The van der Waals surface area contributed by atoms with E-state index in [0.29, 0.717) is 11.4 Å². The van der Waals surface area contributed by atoms with Gasteiger partial charge >= 0.3 is 0 Å². The van der Waals surface area contributed by atoms with Crippen molar-refractivity contribution in [1.82, 2.24) is 9.97 Å². The summed E-state index contributed by atoms with van der Waals surface area (Å²) < 4.78 is 6.32. The topological polar surface area (TPSA) is 58.8 Å². The molecule has 0 amide bonds. The van der Waals surface area contributed by atoms with Gasteiger partial charge in [-0.2, -0.15) is 5.26 Å². The minimum absolute atomic E-state index is 0.323. The van der Waals surface area contributed by atoms with Crippen molar-refractivity contribution in [3.63, 3.8) is 0 Å². The maximum atomic E-state index is 9.40. The number of benzene rings is 6. The van der Waals surface area contributed by atoms with Crippen LogP contribution >= 0.6 is 0 Å². The third-order valence-corrected chi connectivity index (χ3v) is 8.78. The van der Waals surface area contributed by atoms with Gasteiger partial charge in [-0.25, -0.2) is 9.97 Å². The van der Waals surface area contributed by atoms with E-state index in [0.717, 1.165) is 55.9 Å². The fourth-order valence-electron chi connectivity index (χ4n) is 6.41. The van der Waals surface area contributed by atoms with Gasteiger partial charge in [-0.15, -0.1) is 0 Å². The van der Waals surface area contributed by atoms with E-state index in [1.54, 1.807) is 0 Å². The molecule has 0 aliphatic carbocycles. The van der Waals surface area contributed by atoms with E-state index in [9.17, 15) is 5.26 Å². The first kappa shape index (κ1) is 25.9. The van der Waals surface area contributed by atoms with Gasteiger partial charge in [-0.3, -0.25) is 0 Å². The molecule has 0 bridgehead atoms. The molecule has 8 rings (SSSR count). The highest BCUT2D eigenvalue weighted by atomic mass is 16.5. The molecule has 1 aliphatic heterocycles. The Morgan fingerprint density at radius 1 is 0.614 bits per heavy atom. The van der Waals surface area contributed by atoms with Crippen LogP contribution in [0.3, 0.4) is 0 Å². The van der Waals surface area contributed by atoms with E-state index in [1.165, 1.54) is 16.3 Å². The number of hydrogen-bond donors (Lipinski definition) is 0. The lowest BCUT2D eigenvalue weighted by molar-refractivity contribution is 0.418. The molecule has 6 aromatic carbocycles. The molecule has 0 unspecified atom stereocenters. The highest BCUT2D eigenvalue weighted by Crippen LogP contribution is 2.49. The zero-order valence-corrected chi connectivity index (χ0v) is 24.4. The first-order valence-corrected chi connectivity index (χ1v) is 14.7. The molecule has 0 saturated heterocycles. The highest BCUT2D eigenvalue weighted by Gasteiger charge is 2.35. The Labute approximate surface area is 255 Å². The van der Waals surface area contributed by atoms with Gasteiger partial charge in [0.1, 0.15) is 11.5 Å². The number of para-hydroxylation sites is 1. The zero-order valence-electron chi connectivity index (χ0n) is 24.4. The van der Waals surface area contributed by atoms with Gasteiger partial charge in [0.2, 0.25) is 0 Å². The molecule has 1 aliphatic rings. The lowest BCUT2D eigenvalue weighted by Crippen LogP contribution is -2.24. The average molecular weight is 566 g/mol. The molecule has 4 nitrogen and oxygen atoms in total. The van der Waals surface area contributed by atoms with E-state index < -0.39 is 0 Å². The van der Waals surface area contributed by atoms with Crippen molar-refractivity contribution in [3.8, 4) is 51.3 Å². The molecule has 7 aromatic rings.